The van der Waals surface area contributed by atoms with Gasteiger partial charge in [0.25, 0.3) is 0 Å². The topological polar surface area (TPSA) is 24.1 Å². The van der Waals surface area contributed by atoms with Gasteiger partial charge in [-0.05, 0) is 6.20 Å². The zero-order chi connectivity index (χ0) is 7.70. The summed E-state index contributed by atoms with van der Waals surface area (Å²) < 4.78 is 0. The zero-order valence-corrected chi connectivity index (χ0v) is 6.49. The van der Waals surface area contributed by atoms with E-state index >= 15 is 0 Å². The van der Waals surface area contributed by atoms with Gasteiger partial charge in [0, 0.05) is 7.05 Å². The van der Waals surface area contributed by atoms with Gasteiger partial charge in [0.15, 0.2) is 0 Å². The summed E-state index contributed by atoms with van der Waals surface area (Å²) in [5.74, 6) is 0.759. The molecular formula is C7H16N2. The van der Waals surface area contributed by atoms with Crippen LogP contribution in [0.4, 0.5) is 0 Å². The van der Waals surface area contributed by atoms with E-state index in [2.05, 4.69) is 23.8 Å². The van der Waals surface area contributed by atoms with Crippen molar-refractivity contribution in [1.29, 1.82) is 0 Å². The van der Waals surface area contributed by atoms with Crippen LogP contribution in [0.5, 0.6) is 0 Å². The molecule has 9 heavy (non-hydrogen) atoms. The lowest BCUT2D eigenvalue weighted by atomic mass is 10.7. The first-order valence-corrected chi connectivity index (χ1v) is 3.05. The van der Waals surface area contributed by atoms with Crippen LogP contribution in [0.15, 0.2) is 25.2 Å². The normalized spacial score (nSPS) is 6.11. The third-order valence-corrected chi connectivity index (χ3v) is 0.578. The Morgan fingerprint density at radius 3 is 2.00 bits per heavy atom. The standard InChI is InChI=1S/C5H10N2.C2H6/c1-4-7-5(2)6-3;1-2/h4,6-7H,1-2H2,3H3;1-2H3. The van der Waals surface area contributed by atoms with Crippen molar-refractivity contribution >= 4 is 0 Å². The molecule has 0 unspecified atom stereocenters. The molecule has 0 aromatic rings. The van der Waals surface area contributed by atoms with Gasteiger partial charge >= 0.3 is 0 Å². The molecule has 2 heteroatoms. The van der Waals surface area contributed by atoms with Crippen molar-refractivity contribution in [2.24, 2.45) is 0 Å². The molecule has 0 rings (SSSR count). The highest BCUT2D eigenvalue weighted by Gasteiger charge is 1.74. The number of rotatable bonds is 3. The molecule has 0 aliphatic rings. The maximum Gasteiger partial charge on any atom is 0.0949 e. The molecule has 0 saturated carbocycles. The van der Waals surface area contributed by atoms with Crippen LogP contribution in [0.1, 0.15) is 13.8 Å². The Morgan fingerprint density at radius 1 is 1.44 bits per heavy atom. The first-order valence-electron chi connectivity index (χ1n) is 3.05. The van der Waals surface area contributed by atoms with E-state index in [1.54, 1.807) is 13.2 Å². The summed E-state index contributed by atoms with van der Waals surface area (Å²) in [6, 6.07) is 0. The number of hydrogen-bond donors (Lipinski definition) is 2. The van der Waals surface area contributed by atoms with Gasteiger partial charge in [-0.15, -0.1) is 0 Å². The summed E-state index contributed by atoms with van der Waals surface area (Å²) in [6.07, 6.45) is 1.57. The molecule has 2 N–H and O–H groups in total. The lowest BCUT2D eigenvalue weighted by Gasteiger charge is -1.99. The highest BCUT2D eigenvalue weighted by atomic mass is 15.0. The van der Waals surface area contributed by atoms with Gasteiger partial charge in [0.1, 0.15) is 0 Å². The highest BCUT2D eigenvalue weighted by molar-refractivity contribution is 4.90. The minimum Gasteiger partial charge on any atom is -0.375 e. The average Bonchev–Trinajstić information content (AvgIpc) is 1.93. The molecule has 0 atom stereocenters. The zero-order valence-electron chi connectivity index (χ0n) is 6.49. The molecule has 0 aliphatic heterocycles. The largest absolute Gasteiger partial charge is 0.375 e. The molecule has 0 aromatic heterocycles. The van der Waals surface area contributed by atoms with Crippen LogP contribution in [0.25, 0.3) is 0 Å². The summed E-state index contributed by atoms with van der Waals surface area (Å²) >= 11 is 0. The van der Waals surface area contributed by atoms with E-state index in [1.807, 2.05) is 13.8 Å². The summed E-state index contributed by atoms with van der Waals surface area (Å²) in [4.78, 5) is 0. The SMILES string of the molecule is C=CNC(=C)NC.CC. The monoisotopic (exact) mass is 128 g/mol. The van der Waals surface area contributed by atoms with Crippen molar-refractivity contribution in [3.8, 4) is 0 Å². The Balaban J connectivity index is 0. The molecular weight excluding hydrogens is 112 g/mol. The van der Waals surface area contributed by atoms with Gasteiger partial charge in [0.2, 0.25) is 0 Å². The van der Waals surface area contributed by atoms with Crippen LogP contribution in [0, 0.1) is 0 Å². The van der Waals surface area contributed by atoms with Gasteiger partial charge in [0.05, 0.1) is 5.82 Å². The summed E-state index contributed by atoms with van der Waals surface area (Å²) in [7, 11) is 1.79. The van der Waals surface area contributed by atoms with Crippen molar-refractivity contribution in [3.05, 3.63) is 25.2 Å². The molecule has 0 heterocycles. The predicted octanol–water partition coefficient (Wildman–Crippen LogP) is 1.44. The van der Waals surface area contributed by atoms with E-state index < -0.39 is 0 Å². The molecule has 0 radical (unpaired) electrons. The molecule has 54 valence electrons. The van der Waals surface area contributed by atoms with Crippen LogP contribution < -0.4 is 10.6 Å². The Morgan fingerprint density at radius 2 is 1.89 bits per heavy atom. The molecule has 0 saturated heterocycles. The van der Waals surface area contributed by atoms with Crippen molar-refractivity contribution < 1.29 is 0 Å². The fraction of sp³-hybridized carbons (Fsp3) is 0.429. The molecule has 0 fully saturated rings. The third-order valence-electron chi connectivity index (χ3n) is 0.578. The van der Waals surface area contributed by atoms with E-state index in [9.17, 15) is 0 Å². The quantitative estimate of drug-likeness (QED) is 0.601. The lowest BCUT2D eigenvalue weighted by molar-refractivity contribution is 0.880. The van der Waals surface area contributed by atoms with Crippen molar-refractivity contribution in [2.45, 2.75) is 13.8 Å². The Labute approximate surface area is 57.7 Å². The second kappa shape index (κ2) is 10.1. The van der Waals surface area contributed by atoms with Crippen molar-refractivity contribution in [3.63, 3.8) is 0 Å². The number of hydrogen-bond acceptors (Lipinski definition) is 2. The van der Waals surface area contributed by atoms with Gasteiger partial charge < -0.3 is 10.6 Å². The summed E-state index contributed by atoms with van der Waals surface area (Å²) in [5, 5.41) is 5.54. The van der Waals surface area contributed by atoms with Gasteiger partial charge in [-0.25, -0.2) is 0 Å². The summed E-state index contributed by atoms with van der Waals surface area (Å²) in [6.45, 7) is 11.0. The van der Waals surface area contributed by atoms with Crippen LogP contribution in [-0.4, -0.2) is 7.05 Å². The van der Waals surface area contributed by atoms with Crippen LogP contribution in [0.3, 0.4) is 0 Å². The third kappa shape index (κ3) is 11.0. The van der Waals surface area contributed by atoms with Crippen LogP contribution >= 0.6 is 0 Å². The fourth-order valence-corrected chi connectivity index (χ4v) is 0.195. The van der Waals surface area contributed by atoms with Gasteiger partial charge in [-0.1, -0.05) is 27.0 Å². The van der Waals surface area contributed by atoms with E-state index in [0.717, 1.165) is 5.82 Å². The van der Waals surface area contributed by atoms with Crippen LogP contribution in [0.2, 0.25) is 0 Å². The lowest BCUT2D eigenvalue weighted by Crippen LogP contribution is -2.16. The minimum absolute atomic E-state index is 0.759. The van der Waals surface area contributed by atoms with E-state index in [1.165, 1.54) is 0 Å². The molecule has 0 aliphatic carbocycles. The second-order valence-corrected chi connectivity index (χ2v) is 1.08. The number of nitrogens with one attached hydrogen (secondary N) is 2. The summed E-state index contributed by atoms with van der Waals surface area (Å²) in [5.41, 5.74) is 0. The molecule has 0 aromatic carbocycles. The van der Waals surface area contributed by atoms with E-state index in [-0.39, 0.29) is 0 Å². The Bertz CT molecular complexity index is 77.0. The molecule has 0 spiro atoms. The Hall–Kier alpha value is -0.920. The maximum atomic E-state index is 3.57. The molecule has 2 nitrogen and oxygen atoms in total. The average molecular weight is 128 g/mol. The molecule has 0 amide bonds. The molecule has 0 bridgehead atoms. The minimum atomic E-state index is 0.759. The Kier molecular flexibility index (Phi) is 12.3. The predicted molar refractivity (Wildman–Crippen MR) is 42.9 cm³/mol. The van der Waals surface area contributed by atoms with Gasteiger partial charge in [-0.3, -0.25) is 0 Å². The maximum absolute atomic E-state index is 3.57. The second-order valence-electron chi connectivity index (χ2n) is 1.08. The van der Waals surface area contributed by atoms with Crippen molar-refractivity contribution in [2.75, 3.05) is 7.05 Å². The fourth-order valence-electron chi connectivity index (χ4n) is 0.195. The van der Waals surface area contributed by atoms with E-state index in [0.29, 0.717) is 0 Å². The first kappa shape index (κ1) is 11.0. The van der Waals surface area contributed by atoms with Crippen molar-refractivity contribution in [1.82, 2.24) is 10.6 Å². The first-order chi connectivity index (χ1) is 4.31. The van der Waals surface area contributed by atoms with E-state index in [4.69, 9.17) is 0 Å². The highest BCUT2D eigenvalue weighted by Crippen LogP contribution is 1.68. The van der Waals surface area contributed by atoms with Gasteiger partial charge in [-0.2, -0.15) is 0 Å². The smallest absolute Gasteiger partial charge is 0.0949 e. The van der Waals surface area contributed by atoms with Crippen LogP contribution in [-0.2, 0) is 0 Å².